The molecule has 0 spiro atoms. The Morgan fingerprint density at radius 3 is 2.05 bits per heavy atom. The second-order valence-electron chi connectivity index (χ2n) is 10.5. The summed E-state index contributed by atoms with van der Waals surface area (Å²) in [5, 5.41) is 0. The van der Waals surface area contributed by atoms with E-state index in [4.69, 9.17) is 29.4 Å². The maximum atomic E-state index is 12.1. The number of ether oxygens (including phenoxy) is 2. The van der Waals surface area contributed by atoms with Crippen LogP contribution in [0.3, 0.4) is 0 Å². The van der Waals surface area contributed by atoms with Gasteiger partial charge in [-0.3, -0.25) is 14.4 Å². The smallest absolute Gasteiger partial charge is 0.657 e. The van der Waals surface area contributed by atoms with E-state index in [1.54, 1.807) is 0 Å². The summed E-state index contributed by atoms with van der Waals surface area (Å²) in [4.78, 5) is 55.7. The summed E-state index contributed by atoms with van der Waals surface area (Å²) in [5.41, 5.74) is 11.3. The summed E-state index contributed by atoms with van der Waals surface area (Å²) >= 11 is 0. The maximum Gasteiger partial charge on any atom is 2.00 e. The van der Waals surface area contributed by atoms with E-state index in [1.165, 1.54) is 14.2 Å². The van der Waals surface area contributed by atoms with Crippen molar-refractivity contribution in [2.24, 2.45) is 0 Å². The first-order valence-electron chi connectivity index (χ1n) is 13.7. The average molecular weight is 628 g/mol. The largest absolute Gasteiger partial charge is 2.00 e. The number of aryl methyl sites for hydroxylation is 3. The van der Waals surface area contributed by atoms with Crippen LogP contribution in [0.5, 0.6) is 0 Å². The fourth-order valence-electron chi connectivity index (χ4n) is 5.37. The van der Waals surface area contributed by atoms with Crippen LogP contribution in [0.15, 0.2) is 24.3 Å². The molecular weight excluding hydrogens is 596 g/mol. The third-order valence-electron chi connectivity index (χ3n) is 7.93. The number of nitrogens with zero attached hydrogens (tertiary/aromatic N) is 4. The Kier molecular flexibility index (Phi) is 9.52. The van der Waals surface area contributed by atoms with Crippen LogP contribution >= 0.6 is 0 Å². The van der Waals surface area contributed by atoms with E-state index < -0.39 is 0 Å². The van der Waals surface area contributed by atoms with Crippen molar-refractivity contribution in [2.75, 3.05) is 14.2 Å². The van der Waals surface area contributed by atoms with E-state index in [1.807, 2.05) is 58.0 Å². The van der Waals surface area contributed by atoms with E-state index in [9.17, 15) is 14.4 Å². The van der Waals surface area contributed by atoms with Crippen LogP contribution in [0.25, 0.3) is 44.9 Å². The number of allylic oxidation sites excluding steroid dienone is 3. The van der Waals surface area contributed by atoms with Crippen molar-refractivity contribution in [3.05, 3.63) is 69.3 Å². The number of rotatable bonds is 7. The summed E-state index contributed by atoms with van der Waals surface area (Å²) in [7, 11) is 2.75. The SMILES string of the molecule is COC(=O)CCC1=C(C)c2cc3[n-]c(cc4nc(cc5[n-]c(cc1n2)c(CCC(=O)OC)c5C)C=C4C)c(C=O)c3C.[Cu+2]. The summed E-state index contributed by atoms with van der Waals surface area (Å²) in [6.45, 7) is 7.78. The van der Waals surface area contributed by atoms with Gasteiger partial charge in [-0.05, 0) is 63.3 Å². The predicted octanol–water partition coefficient (Wildman–Crippen LogP) is 5.55. The first-order valence-corrected chi connectivity index (χ1v) is 13.7. The molecule has 2 aliphatic heterocycles. The molecule has 0 fully saturated rings. The summed E-state index contributed by atoms with van der Waals surface area (Å²) < 4.78 is 9.79. The van der Waals surface area contributed by atoms with Gasteiger partial charge in [0.2, 0.25) is 0 Å². The van der Waals surface area contributed by atoms with E-state index in [2.05, 4.69) is 0 Å². The number of aldehydes is 1. The molecule has 9 nitrogen and oxygen atoms in total. The molecule has 2 aliphatic rings. The van der Waals surface area contributed by atoms with Gasteiger partial charge in [0.15, 0.2) is 0 Å². The van der Waals surface area contributed by atoms with Crippen LogP contribution in [-0.4, -0.2) is 42.4 Å². The molecule has 5 rings (SSSR count). The Balaban J connectivity index is 0.00000423. The topological polar surface area (TPSA) is 124 Å². The fourth-order valence-corrected chi connectivity index (χ4v) is 5.37. The molecule has 0 aliphatic carbocycles. The van der Waals surface area contributed by atoms with E-state index in [0.717, 1.165) is 56.6 Å². The molecule has 225 valence electrons. The molecule has 43 heavy (non-hydrogen) atoms. The molecule has 8 bridgehead atoms. The minimum Gasteiger partial charge on any atom is -0.657 e. The monoisotopic (exact) mass is 627 g/mol. The molecule has 0 N–H and O–H groups in total. The minimum atomic E-state index is -0.315. The molecule has 0 aromatic carbocycles. The molecule has 0 unspecified atom stereocenters. The van der Waals surface area contributed by atoms with Crippen molar-refractivity contribution >= 4 is 63.1 Å². The first-order chi connectivity index (χ1) is 20.1. The fraction of sp³-hybridized carbons (Fsp3) is 0.303. The molecule has 10 heteroatoms. The van der Waals surface area contributed by atoms with Gasteiger partial charge in [0, 0.05) is 18.4 Å². The first kappa shape index (κ1) is 31.7. The van der Waals surface area contributed by atoms with Gasteiger partial charge in [0.05, 0.1) is 37.0 Å². The maximum absolute atomic E-state index is 12.1. The van der Waals surface area contributed by atoms with E-state index in [0.29, 0.717) is 46.3 Å². The predicted molar refractivity (Wildman–Crippen MR) is 161 cm³/mol. The summed E-state index contributed by atoms with van der Waals surface area (Å²) in [6.07, 6.45) is 4.07. The Morgan fingerprint density at radius 1 is 0.767 bits per heavy atom. The quantitative estimate of drug-likeness (QED) is 0.188. The molecule has 3 aromatic rings. The zero-order valence-electron chi connectivity index (χ0n) is 24.9. The molecular formula is C33H32CuN4O5. The van der Waals surface area contributed by atoms with Crippen molar-refractivity contribution in [2.45, 2.75) is 53.4 Å². The second kappa shape index (κ2) is 12.9. The van der Waals surface area contributed by atoms with Gasteiger partial charge in [-0.2, -0.15) is 0 Å². The van der Waals surface area contributed by atoms with Gasteiger partial charge in [-0.25, -0.2) is 9.97 Å². The molecule has 1 radical (unpaired) electrons. The second-order valence-corrected chi connectivity index (χ2v) is 10.5. The van der Waals surface area contributed by atoms with Crippen molar-refractivity contribution in [1.29, 1.82) is 0 Å². The number of aromatic nitrogens is 4. The number of methoxy groups -OCH3 is 2. The van der Waals surface area contributed by atoms with Crippen LogP contribution in [-0.2, 0) is 42.6 Å². The zero-order valence-corrected chi connectivity index (χ0v) is 25.9. The number of carbonyl (C=O) groups is 3. The van der Waals surface area contributed by atoms with Crippen LogP contribution in [0, 0.1) is 13.8 Å². The number of esters is 2. The minimum absolute atomic E-state index is 0. The van der Waals surface area contributed by atoms with Crippen LogP contribution in [0.2, 0.25) is 0 Å². The van der Waals surface area contributed by atoms with Crippen molar-refractivity contribution in [3.8, 4) is 0 Å². The molecule has 0 amide bonds. The van der Waals surface area contributed by atoms with Crippen molar-refractivity contribution < 1.29 is 40.9 Å². The van der Waals surface area contributed by atoms with Crippen molar-refractivity contribution in [3.63, 3.8) is 0 Å². The van der Waals surface area contributed by atoms with Gasteiger partial charge in [0.1, 0.15) is 6.29 Å². The summed E-state index contributed by atoms with van der Waals surface area (Å²) in [6, 6.07) is 7.53. The summed E-state index contributed by atoms with van der Waals surface area (Å²) in [5.74, 6) is -0.618. The number of fused-ring (bicyclic) bond motifs is 8. The Bertz CT molecular complexity index is 1860. The van der Waals surface area contributed by atoms with Crippen LogP contribution in [0.1, 0.15) is 82.9 Å². The normalized spacial score (nSPS) is 12.5. The molecule has 3 aromatic heterocycles. The van der Waals surface area contributed by atoms with Crippen LogP contribution in [0.4, 0.5) is 0 Å². The zero-order chi connectivity index (χ0) is 30.1. The third-order valence-corrected chi connectivity index (χ3v) is 7.93. The Hall–Kier alpha value is -4.27. The third kappa shape index (κ3) is 6.26. The average Bonchev–Trinajstić information content (AvgIpc) is 3.65. The van der Waals surface area contributed by atoms with Crippen molar-refractivity contribution in [1.82, 2.24) is 19.9 Å². The number of hydrogen-bond donors (Lipinski definition) is 0. The van der Waals surface area contributed by atoms with E-state index in [-0.39, 0.29) is 41.8 Å². The number of hydrogen-bond acceptors (Lipinski definition) is 7. The molecule has 0 atom stereocenters. The Morgan fingerprint density at radius 2 is 1.37 bits per heavy atom. The van der Waals surface area contributed by atoms with Gasteiger partial charge >= 0.3 is 29.0 Å². The number of carbonyl (C=O) groups excluding carboxylic acids is 3. The van der Waals surface area contributed by atoms with E-state index >= 15 is 0 Å². The molecule has 0 saturated carbocycles. The van der Waals surface area contributed by atoms with Gasteiger partial charge in [-0.15, -0.1) is 22.1 Å². The van der Waals surface area contributed by atoms with Gasteiger partial charge in [-0.1, -0.05) is 41.0 Å². The van der Waals surface area contributed by atoms with Gasteiger partial charge < -0.3 is 19.4 Å². The molecule has 0 saturated heterocycles. The molecule has 5 heterocycles. The van der Waals surface area contributed by atoms with Gasteiger partial charge in [0.25, 0.3) is 0 Å². The Labute approximate surface area is 260 Å². The van der Waals surface area contributed by atoms with Crippen LogP contribution < -0.4 is 9.97 Å². The standard InChI is InChI=1S/C33H33N4O5.Cu/c1-17-11-21-12-26-18(2)22(7-9-32(39)41-5)29(35-26)15-30-23(8-10-33(40)42-6)19(3)27(36-30)14-28-20(4)24(16-38)31(37-28)13-25(17)34-21;/h11-16H,7-10H2,1-6H3,(H-,34,35,36,37,38);/q-1;+2/p-1.